The first-order chi connectivity index (χ1) is 9.92. The van der Waals surface area contributed by atoms with Gasteiger partial charge in [-0.2, -0.15) is 0 Å². The summed E-state index contributed by atoms with van der Waals surface area (Å²) in [5, 5.41) is 6.04. The van der Waals surface area contributed by atoms with Crippen molar-refractivity contribution in [2.24, 2.45) is 0 Å². The minimum atomic E-state index is -3.51. The van der Waals surface area contributed by atoms with E-state index in [0.717, 1.165) is 5.56 Å². The number of carbonyl (C=O) groups is 1. The van der Waals surface area contributed by atoms with Crippen molar-refractivity contribution < 1.29 is 13.2 Å². The average Bonchev–Trinajstić information content (AvgIpc) is 3.25. The third-order valence-electron chi connectivity index (χ3n) is 3.42. The van der Waals surface area contributed by atoms with Crippen molar-refractivity contribution in [3.63, 3.8) is 0 Å². The van der Waals surface area contributed by atoms with E-state index in [1.54, 1.807) is 6.07 Å². The SMILES string of the molecule is CNS(=O)(=O)c1ccc(C)c(NC(=O)CCNC2CC2)c1. The summed E-state index contributed by atoms with van der Waals surface area (Å²) >= 11 is 0. The number of hydrogen-bond acceptors (Lipinski definition) is 4. The predicted molar refractivity (Wildman–Crippen MR) is 81.7 cm³/mol. The molecule has 2 rings (SSSR count). The van der Waals surface area contributed by atoms with Gasteiger partial charge in [0.25, 0.3) is 0 Å². The van der Waals surface area contributed by atoms with Gasteiger partial charge in [-0.25, -0.2) is 13.1 Å². The van der Waals surface area contributed by atoms with Gasteiger partial charge in [-0.15, -0.1) is 0 Å². The van der Waals surface area contributed by atoms with Crippen LogP contribution >= 0.6 is 0 Å². The molecule has 0 unspecified atom stereocenters. The van der Waals surface area contributed by atoms with E-state index in [1.807, 2.05) is 6.92 Å². The zero-order valence-electron chi connectivity index (χ0n) is 12.3. The summed E-state index contributed by atoms with van der Waals surface area (Å²) in [4.78, 5) is 12.0. The first-order valence-electron chi connectivity index (χ1n) is 7.00. The molecule has 116 valence electrons. The van der Waals surface area contributed by atoms with Gasteiger partial charge in [-0.05, 0) is 44.5 Å². The number of carbonyl (C=O) groups excluding carboxylic acids is 1. The Kier molecular flexibility index (Phi) is 4.97. The van der Waals surface area contributed by atoms with Gasteiger partial charge >= 0.3 is 0 Å². The van der Waals surface area contributed by atoms with E-state index in [0.29, 0.717) is 24.7 Å². The molecule has 6 nitrogen and oxygen atoms in total. The predicted octanol–water partition coefficient (Wildman–Crippen LogP) is 0.984. The minimum Gasteiger partial charge on any atom is -0.326 e. The number of amides is 1. The Hall–Kier alpha value is -1.44. The van der Waals surface area contributed by atoms with Crippen LogP contribution in [0.5, 0.6) is 0 Å². The molecule has 7 heteroatoms. The van der Waals surface area contributed by atoms with Crippen molar-refractivity contribution in [2.75, 3.05) is 18.9 Å². The molecule has 0 aliphatic heterocycles. The van der Waals surface area contributed by atoms with Crippen LogP contribution in [0.2, 0.25) is 0 Å². The third-order valence-corrected chi connectivity index (χ3v) is 4.84. The Morgan fingerprint density at radius 1 is 1.33 bits per heavy atom. The van der Waals surface area contributed by atoms with Gasteiger partial charge < -0.3 is 10.6 Å². The molecule has 0 spiro atoms. The first-order valence-corrected chi connectivity index (χ1v) is 8.48. The van der Waals surface area contributed by atoms with Gasteiger partial charge in [-0.3, -0.25) is 4.79 Å². The van der Waals surface area contributed by atoms with Crippen LogP contribution in [-0.2, 0) is 14.8 Å². The highest BCUT2D eigenvalue weighted by atomic mass is 32.2. The molecule has 1 aromatic carbocycles. The summed E-state index contributed by atoms with van der Waals surface area (Å²) in [7, 11) is -2.15. The summed E-state index contributed by atoms with van der Waals surface area (Å²) < 4.78 is 25.8. The molecular formula is C14H21N3O3S. The molecular weight excluding hydrogens is 290 g/mol. The van der Waals surface area contributed by atoms with Gasteiger partial charge in [0, 0.05) is 24.7 Å². The molecule has 3 N–H and O–H groups in total. The first kappa shape index (κ1) is 15.9. The lowest BCUT2D eigenvalue weighted by atomic mass is 10.2. The monoisotopic (exact) mass is 311 g/mol. The Labute approximate surface area is 125 Å². The fourth-order valence-electron chi connectivity index (χ4n) is 1.91. The molecule has 0 aromatic heterocycles. The van der Waals surface area contributed by atoms with Crippen LogP contribution in [0, 0.1) is 6.92 Å². The van der Waals surface area contributed by atoms with Crippen molar-refractivity contribution in [3.05, 3.63) is 23.8 Å². The Morgan fingerprint density at radius 2 is 2.05 bits per heavy atom. The fourth-order valence-corrected chi connectivity index (χ4v) is 2.67. The van der Waals surface area contributed by atoms with Crippen LogP contribution < -0.4 is 15.4 Å². The van der Waals surface area contributed by atoms with Gasteiger partial charge in [0.1, 0.15) is 0 Å². The van der Waals surface area contributed by atoms with Crippen LogP contribution in [0.3, 0.4) is 0 Å². The van der Waals surface area contributed by atoms with Crippen molar-refractivity contribution in [3.8, 4) is 0 Å². The Morgan fingerprint density at radius 3 is 2.67 bits per heavy atom. The second-order valence-corrected chi connectivity index (χ2v) is 7.10. The van der Waals surface area contributed by atoms with Gasteiger partial charge in [0.2, 0.25) is 15.9 Å². The van der Waals surface area contributed by atoms with Crippen LogP contribution in [0.25, 0.3) is 0 Å². The molecule has 21 heavy (non-hydrogen) atoms. The second-order valence-electron chi connectivity index (χ2n) is 5.21. The van der Waals surface area contributed by atoms with E-state index in [9.17, 15) is 13.2 Å². The normalized spacial score (nSPS) is 15.0. The van der Waals surface area contributed by atoms with E-state index >= 15 is 0 Å². The highest BCUT2D eigenvalue weighted by Crippen LogP contribution is 2.20. The second kappa shape index (κ2) is 6.55. The van der Waals surface area contributed by atoms with E-state index in [2.05, 4.69) is 15.4 Å². The summed E-state index contributed by atoms with van der Waals surface area (Å²) in [5.74, 6) is -0.120. The van der Waals surface area contributed by atoms with Crippen LogP contribution in [-0.4, -0.2) is 34.0 Å². The highest BCUT2D eigenvalue weighted by Gasteiger charge is 2.20. The van der Waals surface area contributed by atoms with E-state index < -0.39 is 10.0 Å². The number of nitrogens with one attached hydrogen (secondary N) is 3. The number of hydrogen-bond donors (Lipinski definition) is 3. The zero-order chi connectivity index (χ0) is 15.5. The minimum absolute atomic E-state index is 0.120. The molecule has 1 aliphatic carbocycles. The van der Waals surface area contributed by atoms with Gasteiger partial charge in [0.05, 0.1) is 4.90 Å². The lowest BCUT2D eigenvalue weighted by Crippen LogP contribution is -2.23. The summed E-state index contributed by atoms with van der Waals surface area (Å²) in [6.07, 6.45) is 2.74. The van der Waals surface area contributed by atoms with E-state index in [1.165, 1.54) is 32.0 Å². The number of anilines is 1. The van der Waals surface area contributed by atoms with Crippen molar-refractivity contribution in [1.82, 2.24) is 10.0 Å². The fraction of sp³-hybridized carbons (Fsp3) is 0.500. The molecule has 0 atom stereocenters. The standard InChI is InChI=1S/C14H21N3O3S/c1-10-3-6-12(21(19,20)15-2)9-13(10)17-14(18)7-8-16-11-4-5-11/h3,6,9,11,15-16H,4-5,7-8H2,1-2H3,(H,17,18). The lowest BCUT2D eigenvalue weighted by molar-refractivity contribution is -0.116. The van der Waals surface area contributed by atoms with Crippen molar-refractivity contribution in [1.29, 1.82) is 0 Å². The quantitative estimate of drug-likeness (QED) is 0.700. The van der Waals surface area contributed by atoms with Crippen LogP contribution in [0.1, 0.15) is 24.8 Å². The molecule has 0 bridgehead atoms. The molecule has 1 fully saturated rings. The number of sulfonamides is 1. The molecule has 1 saturated carbocycles. The van der Waals surface area contributed by atoms with Gasteiger partial charge in [0.15, 0.2) is 0 Å². The molecule has 1 aliphatic rings. The maximum absolute atomic E-state index is 11.9. The van der Waals surface area contributed by atoms with Gasteiger partial charge in [-0.1, -0.05) is 6.07 Å². The molecule has 0 saturated heterocycles. The van der Waals surface area contributed by atoms with Crippen LogP contribution in [0.4, 0.5) is 5.69 Å². The molecule has 1 amide bonds. The maximum Gasteiger partial charge on any atom is 0.240 e. The third kappa shape index (κ3) is 4.52. The molecule has 0 radical (unpaired) electrons. The van der Waals surface area contributed by atoms with Crippen molar-refractivity contribution in [2.45, 2.75) is 37.1 Å². The summed E-state index contributed by atoms with van der Waals surface area (Å²) in [5.41, 5.74) is 1.36. The largest absolute Gasteiger partial charge is 0.326 e. The van der Waals surface area contributed by atoms with Crippen molar-refractivity contribution >= 4 is 21.6 Å². The summed E-state index contributed by atoms with van der Waals surface area (Å²) in [6.45, 7) is 2.47. The number of aryl methyl sites for hydroxylation is 1. The highest BCUT2D eigenvalue weighted by molar-refractivity contribution is 7.89. The Bertz CT molecular complexity index is 624. The smallest absolute Gasteiger partial charge is 0.240 e. The number of rotatable bonds is 7. The van der Waals surface area contributed by atoms with E-state index in [4.69, 9.17) is 0 Å². The topological polar surface area (TPSA) is 87.3 Å². The summed E-state index contributed by atoms with van der Waals surface area (Å²) in [6, 6.07) is 5.25. The lowest BCUT2D eigenvalue weighted by Gasteiger charge is -2.11. The molecule has 1 aromatic rings. The Balaban J connectivity index is 2.00. The van der Waals surface area contributed by atoms with E-state index in [-0.39, 0.29) is 10.8 Å². The maximum atomic E-state index is 11.9. The van der Waals surface area contributed by atoms with Crippen LogP contribution in [0.15, 0.2) is 23.1 Å². The zero-order valence-corrected chi connectivity index (χ0v) is 13.1. The number of benzene rings is 1. The molecule has 0 heterocycles. The average molecular weight is 311 g/mol.